The average molecular weight is 361 g/mol. The lowest BCUT2D eigenvalue weighted by Crippen LogP contribution is -2.47. The highest BCUT2D eigenvalue weighted by Crippen LogP contribution is 2.35. The van der Waals surface area contributed by atoms with Crippen molar-refractivity contribution in [1.29, 1.82) is 0 Å². The predicted molar refractivity (Wildman–Crippen MR) is 98.2 cm³/mol. The number of benzene rings is 2. The van der Waals surface area contributed by atoms with Crippen LogP contribution in [0.5, 0.6) is 17.2 Å². The third-order valence-electron chi connectivity index (χ3n) is 4.58. The maximum absolute atomic E-state index is 5.96. The van der Waals surface area contributed by atoms with E-state index in [0.29, 0.717) is 6.61 Å². The average Bonchev–Trinajstić information content (AvgIpc) is 3.11. The molecule has 0 saturated carbocycles. The molecule has 0 N–H and O–H groups in total. The van der Waals surface area contributed by atoms with Crippen LogP contribution in [0.25, 0.3) is 0 Å². The highest BCUT2D eigenvalue weighted by Gasteiger charge is 2.17. The molecule has 2 aromatic rings. The van der Waals surface area contributed by atoms with Gasteiger partial charge in [-0.1, -0.05) is 11.6 Å². The van der Waals surface area contributed by atoms with E-state index in [4.69, 9.17) is 25.8 Å². The first-order chi connectivity index (χ1) is 12.3. The molecule has 5 nitrogen and oxygen atoms in total. The number of fused-ring (bicyclic) bond motifs is 1. The van der Waals surface area contributed by atoms with Crippen molar-refractivity contribution in [3.05, 3.63) is 47.5 Å². The summed E-state index contributed by atoms with van der Waals surface area (Å²) in [7, 11) is 0. The smallest absolute Gasteiger partial charge is 0.231 e. The van der Waals surface area contributed by atoms with E-state index in [1.807, 2.05) is 30.3 Å². The fraction of sp³-hybridized carbons (Fsp3) is 0.368. The second kappa shape index (κ2) is 7.42. The Bertz CT molecular complexity index is 715. The molecule has 0 spiro atoms. The maximum atomic E-state index is 5.96. The zero-order valence-electron chi connectivity index (χ0n) is 14.0. The topological polar surface area (TPSA) is 34.2 Å². The first kappa shape index (κ1) is 16.4. The van der Waals surface area contributed by atoms with Crippen molar-refractivity contribution in [2.45, 2.75) is 0 Å². The molecule has 0 aromatic heterocycles. The molecule has 132 valence electrons. The molecule has 0 radical (unpaired) electrons. The minimum Gasteiger partial charge on any atom is -0.492 e. The van der Waals surface area contributed by atoms with Crippen LogP contribution < -0.4 is 19.1 Å². The molecule has 6 heteroatoms. The molecular weight excluding hydrogens is 340 g/mol. The molecule has 0 aliphatic carbocycles. The first-order valence-electron chi connectivity index (χ1n) is 8.53. The van der Waals surface area contributed by atoms with Crippen LogP contribution in [0.2, 0.25) is 5.02 Å². The minimum atomic E-state index is 0.288. The summed E-state index contributed by atoms with van der Waals surface area (Å²) in [6.07, 6.45) is 0. The Morgan fingerprint density at radius 1 is 0.920 bits per heavy atom. The number of ether oxygens (including phenoxy) is 3. The summed E-state index contributed by atoms with van der Waals surface area (Å²) in [5, 5.41) is 0.781. The second-order valence-electron chi connectivity index (χ2n) is 6.17. The van der Waals surface area contributed by atoms with E-state index in [-0.39, 0.29) is 6.79 Å². The Balaban J connectivity index is 1.22. The maximum Gasteiger partial charge on any atom is 0.231 e. The zero-order valence-corrected chi connectivity index (χ0v) is 14.7. The normalized spacial score (nSPS) is 16.9. The third-order valence-corrected chi connectivity index (χ3v) is 4.84. The number of hydrogen-bond donors (Lipinski definition) is 0. The highest BCUT2D eigenvalue weighted by molar-refractivity contribution is 6.30. The highest BCUT2D eigenvalue weighted by atomic mass is 35.5. The van der Waals surface area contributed by atoms with Crippen LogP contribution in [0, 0.1) is 0 Å². The third kappa shape index (κ3) is 3.94. The number of anilines is 1. The molecule has 1 fully saturated rings. The van der Waals surface area contributed by atoms with Gasteiger partial charge in [-0.2, -0.15) is 0 Å². The van der Waals surface area contributed by atoms with Crippen LogP contribution in [0.3, 0.4) is 0 Å². The van der Waals surface area contributed by atoms with Gasteiger partial charge < -0.3 is 19.1 Å². The van der Waals surface area contributed by atoms with Crippen LogP contribution >= 0.6 is 11.6 Å². The van der Waals surface area contributed by atoms with Crippen molar-refractivity contribution in [3.63, 3.8) is 0 Å². The van der Waals surface area contributed by atoms with Crippen LogP contribution in [-0.4, -0.2) is 51.0 Å². The minimum absolute atomic E-state index is 0.288. The lowest BCUT2D eigenvalue weighted by molar-refractivity contribution is 0.173. The van der Waals surface area contributed by atoms with E-state index in [0.717, 1.165) is 55.0 Å². The molecule has 25 heavy (non-hydrogen) atoms. The van der Waals surface area contributed by atoms with Crippen molar-refractivity contribution in [1.82, 2.24) is 4.90 Å². The summed E-state index contributed by atoms with van der Waals surface area (Å²) < 4.78 is 16.5. The quantitative estimate of drug-likeness (QED) is 0.817. The lowest BCUT2D eigenvalue weighted by atomic mass is 10.2. The molecule has 0 unspecified atom stereocenters. The summed E-state index contributed by atoms with van der Waals surface area (Å²) >= 11 is 5.96. The second-order valence-corrected chi connectivity index (χ2v) is 6.61. The largest absolute Gasteiger partial charge is 0.492 e. The first-order valence-corrected chi connectivity index (χ1v) is 8.91. The van der Waals surface area contributed by atoms with Gasteiger partial charge in [-0.25, -0.2) is 0 Å². The van der Waals surface area contributed by atoms with Gasteiger partial charge in [0.15, 0.2) is 11.5 Å². The monoisotopic (exact) mass is 360 g/mol. The summed E-state index contributed by atoms with van der Waals surface area (Å²) in [6.45, 7) is 5.98. The van der Waals surface area contributed by atoms with Crippen LogP contribution in [0.1, 0.15) is 0 Å². The molecule has 1 saturated heterocycles. The summed E-state index contributed by atoms with van der Waals surface area (Å²) in [6, 6.07) is 13.8. The number of piperazine rings is 1. The van der Waals surface area contributed by atoms with Crippen molar-refractivity contribution < 1.29 is 14.2 Å². The van der Waals surface area contributed by atoms with Crippen molar-refractivity contribution >= 4 is 17.3 Å². The summed E-state index contributed by atoms with van der Waals surface area (Å²) in [5.74, 6) is 2.36. The molecule has 2 aromatic carbocycles. The predicted octanol–water partition coefficient (Wildman–Crippen LogP) is 3.27. The molecule has 4 rings (SSSR count). The molecular formula is C19H21ClN2O3. The zero-order chi connectivity index (χ0) is 17.1. The van der Waals surface area contributed by atoms with Crippen molar-refractivity contribution in [2.24, 2.45) is 0 Å². The van der Waals surface area contributed by atoms with E-state index >= 15 is 0 Å². The molecule has 2 heterocycles. The van der Waals surface area contributed by atoms with E-state index < -0.39 is 0 Å². The summed E-state index contributed by atoms with van der Waals surface area (Å²) in [4.78, 5) is 4.82. The number of hydrogen-bond acceptors (Lipinski definition) is 5. The van der Waals surface area contributed by atoms with Gasteiger partial charge in [0.25, 0.3) is 0 Å². The van der Waals surface area contributed by atoms with E-state index in [9.17, 15) is 0 Å². The van der Waals surface area contributed by atoms with Gasteiger partial charge in [-0.05, 0) is 36.4 Å². The van der Waals surface area contributed by atoms with Gasteiger partial charge in [-0.3, -0.25) is 4.90 Å². The Hall–Kier alpha value is -2.11. The standard InChI is InChI=1S/C19H21ClN2O3/c20-15-1-3-16(4-2-15)22-9-7-21(8-10-22)11-12-23-17-5-6-18-19(13-17)25-14-24-18/h1-6,13H,7-12,14H2. The van der Waals surface area contributed by atoms with Gasteiger partial charge in [-0.15, -0.1) is 0 Å². The van der Waals surface area contributed by atoms with Gasteiger partial charge in [0.1, 0.15) is 12.4 Å². The van der Waals surface area contributed by atoms with Crippen LogP contribution in [0.15, 0.2) is 42.5 Å². The molecule has 2 aliphatic heterocycles. The van der Waals surface area contributed by atoms with E-state index in [1.54, 1.807) is 0 Å². The summed E-state index contributed by atoms with van der Waals surface area (Å²) in [5.41, 5.74) is 1.24. The van der Waals surface area contributed by atoms with E-state index in [1.165, 1.54) is 5.69 Å². The fourth-order valence-electron chi connectivity index (χ4n) is 3.14. The van der Waals surface area contributed by atoms with Crippen LogP contribution in [0.4, 0.5) is 5.69 Å². The Morgan fingerprint density at radius 3 is 2.48 bits per heavy atom. The van der Waals surface area contributed by atoms with Crippen LogP contribution in [-0.2, 0) is 0 Å². The Labute approximate surface area is 152 Å². The fourth-order valence-corrected chi connectivity index (χ4v) is 3.27. The Kier molecular flexibility index (Phi) is 4.85. The van der Waals surface area contributed by atoms with Crippen molar-refractivity contribution in [2.75, 3.05) is 51.0 Å². The Morgan fingerprint density at radius 2 is 1.68 bits per heavy atom. The SMILES string of the molecule is Clc1ccc(N2CCN(CCOc3ccc4c(c3)OCO4)CC2)cc1. The van der Waals surface area contributed by atoms with E-state index in [2.05, 4.69) is 21.9 Å². The number of halogens is 1. The number of rotatable bonds is 5. The lowest BCUT2D eigenvalue weighted by Gasteiger charge is -2.36. The number of nitrogens with zero attached hydrogens (tertiary/aromatic N) is 2. The van der Waals surface area contributed by atoms with Gasteiger partial charge >= 0.3 is 0 Å². The van der Waals surface area contributed by atoms with Gasteiger partial charge in [0.2, 0.25) is 6.79 Å². The van der Waals surface area contributed by atoms with Gasteiger partial charge in [0, 0.05) is 49.5 Å². The van der Waals surface area contributed by atoms with Crippen molar-refractivity contribution in [3.8, 4) is 17.2 Å². The molecule has 0 atom stereocenters. The molecule has 2 aliphatic rings. The molecule has 0 amide bonds. The van der Waals surface area contributed by atoms with Gasteiger partial charge in [0.05, 0.1) is 0 Å². The molecule has 0 bridgehead atoms.